The molecule has 0 radical (unpaired) electrons. The Balaban J connectivity index is 1.64. The lowest BCUT2D eigenvalue weighted by atomic mass is 10.1. The molecular formula is C24H21FN2O3. The summed E-state index contributed by atoms with van der Waals surface area (Å²) in [6.07, 6.45) is -0.596. The predicted molar refractivity (Wildman–Crippen MR) is 113 cm³/mol. The molecule has 30 heavy (non-hydrogen) atoms. The third-order valence-electron chi connectivity index (χ3n) is 5.12. The van der Waals surface area contributed by atoms with Crippen molar-refractivity contribution in [1.29, 1.82) is 0 Å². The molecule has 0 aromatic heterocycles. The summed E-state index contributed by atoms with van der Waals surface area (Å²) in [5.74, 6) is -0.336. The average Bonchev–Trinajstić information content (AvgIpc) is 2.73. The molecule has 1 aliphatic heterocycles. The van der Waals surface area contributed by atoms with E-state index in [1.807, 2.05) is 31.2 Å². The molecule has 2 amide bonds. The fraction of sp³-hybridized carbons (Fsp3) is 0.167. The minimum Gasteiger partial charge on any atom is -0.479 e. The Bertz CT molecular complexity index is 1110. The molecule has 0 spiro atoms. The van der Waals surface area contributed by atoms with Crippen LogP contribution in [0.25, 0.3) is 0 Å². The van der Waals surface area contributed by atoms with Gasteiger partial charge in [-0.1, -0.05) is 24.3 Å². The first-order valence-corrected chi connectivity index (χ1v) is 9.66. The predicted octanol–water partition coefficient (Wildman–Crippen LogP) is 4.70. The van der Waals surface area contributed by atoms with Gasteiger partial charge >= 0.3 is 0 Å². The van der Waals surface area contributed by atoms with Crippen LogP contribution in [0, 0.1) is 12.7 Å². The van der Waals surface area contributed by atoms with Crippen LogP contribution in [0.4, 0.5) is 15.8 Å². The standard InChI is InChI=1S/C24H21FN2O3/c1-15-5-3-4-6-18(15)14-27-21-13-20(11-12-22(21)30-16(2)24(27)29)26-23(28)17-7-9-19(25)10-8-17/h3-13,16H,14H2,1-2H3,(H,26,28). The van der Waals surface area contributed by atoms with Crippen molar-refractivity contribution in [2.24, 2.45) is 0 Å². The van der Waals surface area contributed by atoms with Crippen LogP contribution in [0.1, 0.15) is 28.4 Å². The number of carbonyl (C=O) groups is 2. The summed E-state index contributed by atoms with van der Waals surface area (Å²) < 4.78 is 18.9. The maximum absolute atomic E-state index is 13.1. The number of ether oxygens (including phenoxy) is 1. The van der Waals surface area contributed by atoms with Crippen LogP contribution in [-0.4, -0.2) is 17.9 Å². The zero-order valence-corrected chi connectivity index (χ0v) is 16.7. The molecule has 1 atom stereocenters. The summed E-state index contributed by atoms with van der Waals surface area (Å²) in [7, 11) is 0. The third-order valence-corrected chi connectivity index (χ3v) is 5.12. The van der Waals surface area contributed by atoms with E-state index in [0.29, 0.717) is 29.2 Å². The van der Waals surface area contributed by atoms with E-state index in [2.05, 4.69) is 5.32 Å². The molecule has 0 aliphatic carbocycles. The first-order valence-electron chi connectivity index (χ1n) is 9.66. The molecule has 3 aromatic rings. The normalized spacial score (nSPS) is 15.4. The third kappa shape index (κ3) is 3.89. The first kappa shape index (κ1) is 19.6. The molecule has 0 saturated heterocycles. The van der Waals surface area contributed by atoms with E-state index in [1.54, 1.807) is 30.0 Å². The number of anilines is 2. The van der Waals surface area contributed by atoms with Gasteiger partial charge in [0.05, 0.1) is 12.2 Å². The van der Waals surface area contributed by atoms with Crippen molar-refractivity contribution in [3.63, 3.8) is 0 Å². The molecule has 0 fully saturated rings. The Morgan fingerprint density at radius 2 is 1.83 bits per heavy atom. The van der Waals surface area contributed by atoms with E-state index in [0.717, 1.165) is 11.1 Å². The summed E-state index contributed by atoms with van der Waals surface area (Å²) in [5, 5.41) is 2.79. The number of carbonyl (C=O) groups excluding carboxylic acids is 2. The molecular weight excluding hydrogens is 383 g/mol. The molecule has 1 N–H and O–H groups in total. The van der Waals surface area contributed by atoms with Crippen LogP contribution in [0.3, 0.4) is 0 Å². The fourth-order valence-electron chi connectivity index (χ4n) is 3.41. The van der Waals surface area contributed by atoms with Gasteiger partial charge < -0.3 is 15.0 Å². The molecule has 1 aliphatic rings. The zero-order valence-electron chi connectivity index (χ0n) is 16.7. The van der Waals surface area contributed by atoms with E-state index >= 15 is 0 Å². The maximum atomic E-state index is 13.1. The maximum Gasteiger partial charge on any atom is 0.268 e. The summed E-state index contributed by atoms with van der Waals surface area (Å²) in [6.45, 7) is 4.13. The van der Waals surface area contributed by atoms with Gasteiger partial charge in [0.15, 0.2) is 6.10 Å². The lowest BCUT2D eigenvalue weighted by Gasteiger charge is -2.33. The molecule has 4 rings (SSSR count). The van der Waals surface area contributed by atoms with Crippen molar-refractivity contribution < 1.29 is 18.7 Å². The largest absolute Gasteiger partial charge is 0.479 e. The number of benzene rings is 3. The molecule has 0 saturated carbocycles. The quantitative estimate of drug-likeness (QED) is 0.686. The van der Waals surface area contributed by atoms with Gasteiger partial charge in [-0.05, 0) is 67.4 Å². The molecule has 1 heterocycles. The summed E-state index contributed by atoms with van der Waals surface area (Å²) in [6, 6.07) is 18.4. The van der Waals surface area contributed by atoms with Crippen LogP contribution in [-0.2, 0) is 11.3 Å². The van der Waals surface area contributed by atoms with Crippen molar-refractivity contribution >= 4 is 23.2 Å². The van der Waals surface area contributed by atoms with Gasteiger partial charge in [-0.15, -0.1) is 0 Å². The number of aryl methyl sites for hydroxylation is 1. The molecule has 5 nitrogen and oxygen atoms in total. The summed E-state index contributed by atoms with van der Waals surface area (Å²) in [5.41, 5.74) is 3.58. The molecule has 1 unspecified atom stereocenters. The number of nitrogens with zero attached hydrogens (tertiary/aromatic N) is 1. The number of amides is 2. The molecule has 152 valence electrons. The fourth-order valence-corrected chi connectivity index (χ4v) is 3.41. The van der Waals surface area contributed by atoms with E-state index in [9.17, 15) is 14.0 Å². The van der Waals surface area contributed by atoms with Crippen LogP contribution < -0.4 is 15.0 Å². The number of fused-ring (bicyclic) bond motifs is 1. The van der Waals surface area contributed by atoms with Gasteiger partial charge in [-0.25, -0.2) is 4.39 Å². The van der Waals surface area contributed by atoms with E-state index in [-0.39, 0.29) is 11.8 Å². The van der Waals surface area contributed by atoms with Crippen LogP contribution in [0.2, 0.25) is 0 Å². The number of hydrogen-bond acceptors (Lipinski definition) is 3. The first-order chi connectivity index (χ1) is 14.4. The second-order valence-electron chi connectivity index (χ2n) is 7.25. The SMILES string of the molecule is Cc1ccccc1CN1C(=O)C(C)Oc2ccc(NC(=O)c3ccc(F)cc3)cc21. The number of nitrogens with one attached hydrogen (secondary N) is 1. The number of rotatable bonds is 4. The van der Waals surface area contributed by atoms with Crippen molar-refractivity contribution in [2.45, 2.75) is 26.5 Å². The molecule has 3 aromatic carbocycles. The molecule has 0 bridgehead atoms. The van der Waals surface area contributed by atoms with E-state index in [4.69, 9.17) is 4.74 Å². The Kier molecular flexibility index (Phi) is 5.23. The van der Waals surface area contributed by atoms with E-state index < -0.39 is 11.9 Å². The van der Waals surface area contributed by atoms with Crippen molar-refractivity contribution in [3.8, 4) is 5.75 Å². The summed E-state index contributed by atoms with van der Waals surface area (Å²) in [4.78, 5) is 27.0. The van der Waals surface area contributed by atoms with Gasteiger partial charge in [0, 0.05) is 11.3 Å². The van der Waals surface area contributed by atoms with Crippen LogP contribution in [0.15, 0.2) is 66.7 Å². The zero-order chi connectivity index (χ0) is 21.3. The minimum absolute atomic E-state index is 0.146. The smallest absolute Gasteiger partial charge is 0.268 e. The minimum atomic E-state index is -0.596. The van der Waals surface area contributed by atoms with E-state index in [1.165, 1.54) is 24.3 Å². The van der Waals surface area contributed by atoms with Crippen molar-refractivity contribution in [2.75, 3.05) is 10.2 Å². The van der Waals surface area contributed by atoms with Gasteiger partial charge in [0.25, 0.3) is 11.8 Å². The second-order valence-corrected chi connectivity index (χ2v) is 7.25. The Labute approximate surface area is 174 Å². The highest BCUT2D eigenvalue weighted by atomic mass is 19.1. The monoisotopic (exact) mass is 404 g/mol. The average molecular weight is 404 g/mol. The topological polar surface area (TPSA) is 58.6 Å². The van der Waals surface area contributed by atoms with Crippen LogP contribution in [0.5, 0.6) is 5.75 Å². The summed E-state index contributed by atoms with van der Waals surface area (Å²) >= 11 is 0. The Morgan fingerprint density at radius 3 is 2.57 bits per heavy atom. The Morgan fingerprint density at radius 1 is 1.10 bits per heavy atom. The van der Waals surface area contributed by atoms with Crippen molar-refractivity contribution in [1.82, 2.24) is 0 Å². The van der Waals surface area contributed by atoms with Gasteiger partial charge in [-0.3, -0.25) is 9.59 Å². The number of halogens is 1. The van der Waals surface area contributed by atoms with Gasteiger partial charge in [-0.2, -0.15) is 0 Å². The van der Waals surface area contributed by atoms with Gasteiger partial charge in [0.1, 0.15) is 11.6 Å². The number of hydrogen-bond donors (Lipinski definition) is 1. The van der Waals surface area contributed by atoms with Crippen LogP contribution >= 0.6 is 0 Å². The Hall–Kier alpha value is -3.67. The highest BCUT2D eigenvalue weighted by Crippen LogP contribution is 2.37. The lowest BCUT2D eigenvalue weighted by molar-refractivity contribution is -0.125. The highest BCUT2D eigenvalue weighted by molar-refractivity contribution is 6.05. The molecule has 6 heteroatoms. The van der Waals surface area contributed by atoms with Crippen molar-refractivity contribution in [3.05, 3.63) is 89.2 Å². The second kappa shape index (κ2) is 7.99. The van der Waals surface area contributed by atoms with Gasteiger partial charge in [0.2, 0.25) is 0 Å². The highest BCUT2D eigenvalue weighted by Gasteiger charge is 2.32. The lowest BCUT2D eigenvalue weighted by Crippen LogP contribution is -2.44.